The van der Waals surface area contributed by atoms with Crippen molar-refractivity contribution in [2.45, 2.75) is 75.9 Å². The Morgan fingerprint density at radius 1 is 1.07 bits per heavy atom. The SMILES string of the molecule is CC(C(=O)C1C=C(c2ccc(F)cc2F)ON1)C1(CC(=O)NC2(c3ccccc3)CC2)CN(C2CCCCC2)C1. The second-order valence-electron chi connectivity index (χ2n) is 12.2. The zero-order valence-corrected chi connectivity index (χ0v) is 22.9. The van der Waals surface area contributed by atoms with E-state index in [4.69, 9.17) is 4.84 Å². The Balaban J connectivity index is 1.19. The van der Waals surface area contributed by atoms with Crippen LogP contribution in [0.25, 0.3) is 5.76 Å². The lowest BCUT2D eigenvalue weighted by atomic mass is 9.64. The summed E-state index contributed by atoms with van der Waals surface area (Å²) >= 11 is 0. The molecule has 2 aliphatic heterocycles. The number of likely N-dealkylation sites (tertiary alicyclic amines) is 1. The van der Waals surface area contributed by atoms with E-state index >= 15 is 0 Å². The van der Waals surface area contributed by atoms with E-state index in [-0.39, 0.29) is 35.0 Å². The third kappa shape index (κ3) is 5.19. The number of hydrogen-bond acceptors (Lipinski definition) is 5. The minimum Gasteiger partial charge on any atom is -0.407 e. The van der Waals surface area contributed by atoms with Gasteiger partial charge in [-0.15, -0.1) is 5.48 Å². The van der Waals surface area contributed by atoms with Crippen LogP contribution in [0.1, 0.15) is 69.4 Å². The van der Waals surface area contributed by atoms with E-state index in [1.54, 1.807) is 6.08 Å². The first-order chi connectivity index (χ1) is 19.3. The summed E-state index contributed by atoms with van der Waals surface area (Å²) in [5.74, 6) is -1.83. The fraction of sp³-hybridized carbons (Fsp3) is 0.500. The number of carbonyl (C=O) groups is 2. The highest BCUT2D eigenvalue weighted by Crippen LogP contribution is 2.48. The number of Topliss-reactive ketones (excluding diaryl/α,β-unsaturated/α-hetero) is 1. The van der Waals surface area contributed by atoms with Gasteiger partial charge in [-0.1, -0.05) is 56.5 Å². The Bertz CT molecular complexity index is 1300. The molecule has 2 N–H and O–H groups in total. The van der Waals surface area contributed by atoms with Crippen molar-refractivity contribution < 1.29 is 23.2 Å². The molecule has 2 aliphatic carbocycles. The van der Waals surface area contributed by atoms with Crippen molar-refractivity contribution in [1.29, 1.82) is 0 Å². The molecule has 40 heavy (non-hydrogen) atoms. The van der Waals surface area contributed by atoms with Gasteiger partial charge in [0.1, 0.15) is 17.7 Å². The quantitative estimate of drug-likeness (QED) is 0.448. The number of ketones is 1. The molecule has 6 nitrogen and oxygen atoms in total. The van der Waals surface area contributed by atoms with E-state index in [9.17, 15) is 18.4 Å². The fourth-order valence-electron chi connectivity index (χ4n) is 6.90. The van der Waals surface area contributed by atoms with Crippen molar-refractivity contribution in [3.05, 3.63) is 77.4 Å². The van der Waals surface area contributed by atoms with Crippen LogP contribution in [-0.2, 0) is 20.0 Å². The van der Waals surface area contributed by atoms with Gasteiger partial charge in [0.25, 0.3) is 0 Å². The maximum atomic E-state index is 14.3. The van der Waals surface area contributed by atoms with Crippen molar-refractivity contribution in [3.63, 3.8) is 0 Å². The Morgan fingerprint density at radius 2 is 1.80 bits per heavy atom. The van der Waals surface area contributed by atoms with Crippen LogP contribution in [0.3, 0.4) is 0 Å². The zero-order valence-electron chi connectivity index (χ0n) is 22.9. The predicted molar refractivity (Wildman–Crippen MR) is 148 cm³/mol. The monoisotopic (exact) mass is 549 g/mol. The maximum absolute atomic E-state index is 14.3. The van der Waals surface area contributed by atoms with Crippen molar-refractivity contribution in [2.24, 2.45) is 11.3 Å². The highest BCUT2D eigenvalue weighted by molar-refractivity contribution is 5.91. The predicted octanol–water partition coefficient (Wildman–Crippen LogP) is 5.24. The molecule has 2 unspecified atom stereocenters. The summed E-state index contributed by atoms with van der Waals surface area (Å²) in [6, 6.07) is 13.1. The van der Waals surface area contributed by atoms with Gasteiger partial charge in [-0.2, -0.15) is 0 Å². The van der Waals surface area contributed by atoms with Crippen LogP contribution in [0.5, 0.6) is 0 Å². The minimum atomic E-state index is -0.780. The molecule has 1 saturated heterocycles. The smallest absolute Gasteiger partial charge is 0.221 e. The van der Waals surface area contributed by atoms with Gasteiger partial charge in [0, 0.05) is 43.0 Å². The lowest BCUT2D eigenvalue weighted by Gasteiger charge is -2.56. The average molecular weight is 550 g/mol. The second kappa shape index (κ2) is 10.7. The number of nitrogens with zero attached hydrogens (tertiary/aromatic N) is 1. The molecule has 0 aromatic heterocycles. The Hall–Kier alpha value is -3.10. The van der Waals surface area contributed by atoms with E-state index in [2.05, 4.69) is 27.8 Å². The Morgan fingerprint density at radius 3 is 2.48 bits per heavy atom. The Labute approximate surface area is 234 Å². The summed E-state index contributed by atoms with van der Waals surface area (Å²) in [5.41, 5.74) is 3.14. The number of nitrogens with one attached hydrogen (secondary N) is 2. The van der Waals surface area contributed by atoms with Crippen LogP contribution in [0.2, 0.25) is 0 Å². The molecule has 0 radical (unpaired) electrons. The van der Waals surface area contributed by atoms with Crippen molar-refractivity contribution in [1.82, 2.24) is 15.7 Å². The van der Waals surface area contributed by atoms with E-state index in [1.807, 2.05) is 25.1 Å². The topological polar surface area (TPSA) is 70.7 Å². The third-order valence-electron chi connectivity index (χ3n) is 9.56. The molecule has 3 fully saturated rings. The van der Waals surface area contributed by atoms with Gasteiger partial charge >= 0.3 is 0 Å². The van der Waals surface area contributed by atoms with Crippen LogP contribution in [0.15, 0.2) is 54.6 Å². The number of hydroxylamine groups is 1. The van der Waals surface area contributed by atoms with Gasteiger partial charge in [0.15, 0.2) is 11.5 Å². The van der Waals surface area contributed by atoms with Gasteiger partial charge < -0.3 is 10.2 Å². The summed E-state index contributed by atoms with van der Waals surface area (Å²) in [4.78, 5) is 35.3. The molecular weight excluding hydrogens is 512 g/mol. The summed E-state index contributed by atoms with van der Waals surface area (Å²) in [6.07, 6.45) is 9.68. The molecule has 2 aromatic carbocycles. The molecule has 6 rings (SSSR count). The molecule has 8 heteroatoms. The summed E-state index contributed by atoms with van der Waals surface area (Å²) in [5, 5.41) is 3.31. The molecule has 2 saturated carbocycles. The maximum Gasteiger partial charge on any atom is 0.221 e. The largest absolute Gasteiger partial charge is 0.407 e. The molecule has 2 aromatic rings. The standard InChI is InChI=1S/C32H37F2N3O3/c1-21(30(39)27-17-28(40-36-27)25-13-12-23(33)16-26(25)34)31(19-37(20-31)24-10-6-3-7-11-24)18-29(38)35-32(14-15-32)22-8-4-2-5-9-22/h2,4-5,8-9,12-13,16-17,21,24,27,36H,3,6-7,10-11,14-15,18-20H2,1H3,(H,35,38). The van der Waals surface area contributed by atoms with Crippen LogP contribution in [0.4, 0.5) is 8.78 Å². The number of rotatable bonds is 9. The first-order valence-electron chi connectivity index (χ1n) is 14.5. The highest BCUT2D eigenvalue weighted by atomic mass is 19.1. The van der Waals surface area contributed by atoms with Gasteiger partial charge in [0.05, 0.1) is 11.1 Å². The Kier molecular flexibility index (Phi) is 7.25. The average Bonchev–Trinajstić information content (AvgIpc) is 3.55. The van der Waals surface area contributed by atoms with Crippen LogP contribution in [0, 0.1) is 23.0 Å². The molecule has 0 spiro atoms. The van der Waals surface area contributed by atoms with Crippen molar-refractivity contribution in [2.75, 3.05) is 13.1 Å². The zero-order chi connectivity index (χ0) is 27.9. The lowest BCUT2D eigenvalue weighted by molar-refractivity contribution is -0.145. The molecule has 2 heterocycles. The first-order valence-corrected chi connectivity index (χ1v) is 14.5. The summed E-state index contributed by atoms with van der Waals surface area (Å²) in [6.45, 7) is 3.31. The van der Waals surface area contributed by atoms with E-state index in [0.29, 0.717) is 19.1 Å². The van der Waals surface area contributed by atoms with Gasteiger partial charge in [-0.25, -0.2) is 8.78 Å². The lowest BCUT2D eigenvalue weighted by Crippen LogP contribution is -2.65. The van der Waals surface area contributed by atoms with Crippen molar-refractivity contribution in [3.8, 4) is 0 Å². The molecule has 4 aliphatic rings. The number of halogens is 2. The molecular formula is C32H37F2N3O3. The fourth-order valence-corrected chi connectivity index (χ4v) is 6.90. The van der Waals surface area contributed by atoms with Crippen LogP contribution in [-0.4, -0.2) is 41.8 Å². The summed E-state index contributed by atoms with van der Waals surface area (Å²) in [7, 11) is 0. The second-order valence-corrected chi connectivity index (χ2v) is 12.2. The van der Waals surface area contributed by atoms with E-state index in [1.165, 1.54) is 25.3 Å². The van der Waals surface area contributed by atoms with Crippen LogP contribution >= 0.6 is 0 Å². The summed E-state index contributed by atoms with van der Waals surface area (Å²) < 4.78 is 27.7. The molecule has 0 bridgehead atoms. The van der Waals surface area contributed by atoms with E-state index in [0.717, 1.165) is 43.4 Å². The van der Waals surface area contributed by atoms with Gasteiger partial charge in [0.2, 0.25) is 5.91 Å². The van der Waals surface area contributed by atoms with Crippen LogP contribution < -0.4 is 10.8 Å². The van der Waals surface area contributed by atoms with Gasteiger partial charge in [-0.3, -0.25) is 14.5 Å². The molecule has 212 valence electrons. The highest BCUT2D eigenvalue weighted by Gasteiger charge is 2.54. The molecule has 1 amide bonds. The van der Waals surface area contributed by atoms with Crippen molar-refractivity contribution >= 4 is 17.4 Å². The molecule has 2 atom stereocenters. The van der Waals surface area contributed by atoms with Gasteiger partial charge in [-0.05, 0) is 49.5 Å². The number of amides is 1. The first kappa shape index (κ1) is 27.1. The number of hydrogen-bond donors (Lipinski definition) is 2. The number of carbonyl (C=O) groups excluding carboxylic acids is 2. The third-order valence-corrected chi connectivity index (χ3v) is 9.56. The number of benzene rings is 2. The minimum absolute atomic E-state index is 0.0236. The van der Waals surface area contributed by atoms with E-state index < -0.39 is 29.0 Å². The normalized spacial score (nSPS) is 24.4.